The summed E-state index contributed by atoms with van der Waals surface area (Å²) in [5.74, 6) is 0. The Bertz CT molecular complexity index is 1010. The van der Waals surface area contributed by atoms with Crippen molar-refractivity contribution in [3.63, 3.8) is 0 Å². The first-order valence-corrected chi connectivity index (χ1v) is 7.49. The first-order valence-electron chi connectivity index (χ1n) is 7.49. The number of hydrogen-bond acceptors (Lipinski definition) is 5. The van der Waals surface area contributed by atoms with E-state index in [1.807, 2.05) is 12.1 Å². The fourth-order valence-electron chi connectivity index (χ4n) is 2.85. The lowest BCUT2D eigenvalue weighted by atomic mass is 9.87. The van der Waals surface area contributed by atoms with E-state index in [-0.39, 0.29) is 16.7 Å². The molecule has 0 aromatic heterocycles. The van der Waals surface area contributed by atoms with Gasteiger partial charge in [-0.1, -0.05) is 12.1 Å². The average molecular weight is 309 g/mol. The topological polar surface area (TPSA) is 71.5 Å². The van der Waals surface area contributed by atoms with Gasteiger partial charge in [-0.25, -0.2) is 0 Å². The summed E-state index contributed by atoms with van der Waals surface area (Å²) in [6.07, 6.45) is 0. The van der Waals surface area contributed by atoms with Gasteiger partial charge in [-0.3, -0.25) is 19.2 Å². The minimum Gasteiger partial charge on any atom is -0.372 e. The second-order valence-electron chi connectivity index (χ2n) is 5.38. The first-order chi connectivity index (χ1) is 11.0. The zero-order valence-electron chi connectivity index (χ0n) is 12.9. The van der Waals surface area contributed by atoms with Gasteiger partial charge in [0.05, 0.1) is 0 Å². The normalized spacial score (nSPS) is 11.2. The highest BCUT2D eigenvalue weighted by Gasteiger charge is 2.27. The van der Waals surface area contributed by atoms with Crippen molar-refractivity contribution < 1.29 is 0 Å². The third kappa shape index (κ3) is 2.16. The van der Waals surface area contributed by atoms with Crippen LogP contribution in [0.25, 0.3) is 22.3 Å². The van der Waals surface area contributed by atoms with E-state index in [2.05, 4.69) is 18.7 Å². The molecule has 0 saturated carbocycles. The summed E-state index contributed by atoms with van der Waals surface area (Å²) >= 11 is 0. The highest BCUT2D eigenvalue weighted by atomic mass is 16.2. The Hall–Kier alpha value is -2.82. The molecule has 0 spiro atoms. The first kappa shape index (κ1) is 15.1. The van der Waals surface area contributed by atoms with Crippen molar-refractivity contribution in [3.05, 3.63) is 71.2 Å². The quantitative estimate of drug-likeness (QED) is 0.659. The molecular weight excluding hydrogens is 294 g/mol. The van der Waals surface area contributed by atoms with Crippen LogP contribution in [0.15, 0.2) is 49.5 Å². The van der Waals surface area contributed by atoms with Crippen molar-refractivity contribution in [2.24, 2.45) is 0 Å². The van der Waals surface area contributed by atoms with Crippen LogP contribution < -0.4 is 26.6 Å². The minimum absolute atomic E-state index is 0.0578. The Morgan fingerprint density at radius 2 is 1.35 bits per heavy atom. The molecule has 0 aliphatic heterocycles. The number of benzene rings is 1. The maximum Gasteiger partial charge on any atom is 0.235 e. The lowest BCUT2D eigenvalue weighted by molar-refractivity contribution is 0.866. The molecule has 3 aromatic rings. The van der Waals surface area contributed by atoms with Crippen molar-refractivity contribution in [2.75, 3.05) is 18.0 Å². The summed E-state index contributed by atoms with van der Waals surface area (Å²) < 4.78 is 0. The van der Waals surface area contributed by atoms with Crippen molar-refractivity contribution in [3.8, 4) is 22.3 Å². The Morgan fingerprint density at radius 3 is 1.83 bits per heavy atom. The highest BCUT2D eigenvalue weighted by Crippen LogP contribution is 2.28. The molecule has 116 valence electrons. The third-order valence-electron chi connectivity index (χ3n) is 4.21. The lowest BCUT2D eigenvalue weighted by Gasteiger charge is -2.21. The molecule has 5 heteroatoms. The lowest BCUT2D eigenvalue weighted by Crippen LogP contribution is -2.41. The number of rotatable bonds is 5. The predicted molar refractivity (Wildman–Crippen MR) is 90.7 cm³/mol. The van der Waals surface area contributed by atoms with Gasteiger partial charge in [0.2, 0.25) is 21.7 Å². The van der Waals surface area contributed by atoms with Crippen LogP contribution in [-0.4, -0.2) is 13.1 Å². The van der Waals surface area contributed by atoms with Crippen LogP contribution in [0.4, 0.5) is 5.69 Å². The van der Waals surface area contributed by atoms with E-state index in [1.54, 1.807) is 12.1 Å². The molecular formula is C18H15NO4. The maximum absolute atomic E-state index is 11.9. The van der Waals surface area contributed by atoms with E-state index >= 15 is 0 Å². The molecule has 3 aromatic carbocycles. The molecule has 0 radical (unpaired) electrons. The van der Waals surface area contributed by atoms with Gasteiger partial charge < -0.3 is 4.90 Å². The molecule has 0 amide bonds. The molecule has 3 rings (SSSR count). The summed E-state index contributed by atoms with van der Waals surface area (Å²) in [5.41, 5.74) is -0.648. The Labute approximate surface area is 131 Å². The number of hydrogen-bond donors (Lipinski definition) is 0. The number of nitrogens with zero attached hydrogens (tertiary/aromatic N) is 1. The second-order valence-corrected chi connectivity index (χ2v) is 5.38. The van der Waals surface area contributed by atoms with E-state index in [1.165, 1.54) is 0 Å². The monoisotopic (exact) mass is 309 g/mol. The van der Waals surface area contributed by atoms with Gasteiger partial charge in [-0.15, -0.1) is 0 Å². The van der Waals surface area contributed by atoms with Gasteiger partial charge >= 0.3 is 0 Å². The average Bonchev–Trinajstić information content (AvgIpc) is 2.59. The van der Waals surface area contributed by atoms with Crippen LogP contribution in [0.3, 0.4) is 0 Å². The van der Waals surface area contributed by atoms with Crippen LogP contribution in [0.1, 0.15) is 13.8 Å². The van der Waals surface area contributed by atoms with Gasteiger partial charge in [0, 0.05) is 41.5 Å². The van der Waals surface area contributed by atoms with Crippen molar-refractivity contribution in [1.29, 1.82) is 0 Å². The van der Waals surface area contributed by atoms with Crippen molar-refractivity contribution >= 4 is 5.69 Å². The van der Waals surface area contributed by atoms with E-state index in [4.69, 9.17) is 0 Å². The molecule has 23 heavy (non-hydrogen) atoms. The van der Waals surface area contributed by atoms with E-state index in [9.17, 15) is 19.2 Å². The molecule has 0 saturated heterocycles. The highest BCUT2D eigenvalue weighted by molar-refractivity contribution is 5.88. The van der Waals surface area contributed by atoms with Gasteiger partial charge in [0.1, 0.15) is 0 Å². The van der Waals surface area contributed by atoms with Crippen LogP contribution in [0.2, 0.25) is 0 Å². The van der Waals surface area contributed by atoms with E-state index < -0.39 is 21.7 Å². The fraction of sp³-hybridized carbons (Fsp3) is 0.222. The van der Waals surface area contributed by atoms with Crippen LogP contribution in [0, 0.1) is 0 Å². The minimum atomic E-state index is -0.696. The van der Waals surface area contributed by atoms with Gasteiger partial charge in [-0.2, -0.15) is 0 Å². The predicted octanol–water partition coefficient (Wildman–Crippen LogP) is 1.06. The SMILES string of the molecule is CCN(CC)c1ccc(-c2c(-c3cc(=O)c3=O)c(=O)c2=O)cc1. The van der Waals surface area contributed by atoms with Crippen LogP contribution in [-0.2, 0) is 0 Å². The molecule has 0 aliphatic carbocycles. The number of anilines is 1. The standard InChI is InChI=1S/C18H15NO4/c1-3-19(4-2)11-7-5-10(6-8-11)14-15(18(23)17(14)22)12-9-13(20)16(12)21/h5-9H,3-4H2,1-2H3. The molecule has 0 N–H and O–H groups in total. The maximum atomic E-state index is 11.9. The summed E-state index contributed by atoms with van der Waals surface area (Å²) in [4.78, 5) is 48.4. The molecule has 5 nitrogen and oxygen atoms in total. The smallest absolute Gasteiger partial charge is 0.235 e. The van der Waals surface area contributed by atoms with Gasteiger partial charge in [-0.05, 0) is 31.5 Å². The molecule has 0 heterocycles. The van der Waals surface area contributed by atoms with Crippen LogP contribution >= 0.6 is 0 Å². The Kier molecular flexibility index (Phi) is 3.56. The third-order valence-corrected chi connectivity index (χ3v) is 4.21. The summed E-state index contributed by atoms with van der Waals surface area (Å²) in [7, 11) is 0. The fourth-order valence-corrected chi connectivity index (χ4v) is 2.85. The Balaban J connectivity index is 2.05. The molecule has 0 atom stereocenters. The molecule has 0 fully saturated rings. The Morgan fingerprint density at radius 1 is 0.783 bits per heavy atom. The van der Waals surface area contributed by atoms with Crippen molar-refractivity contribution in [2.45, 2.75) is 13.8 Å². The second kappa shape index (κ2) is 5.43. The molecule has 0 aliphatic rings. The summed E-state index contributed by atoms with van der Waals surface area (Å²) in [6.45, 7) is 5.84. The van der Waals surface area contributed by atoms with Crippen molar-refractivity contribution in [1.82, 2.24) is 0 Å². The van der Waals surface area contributed by atoms with Gasteiger partial charge in [0.25, 0.3) is 0 Å². The van der Waals surface area contributed by atoms with Crippen LogP contribution in [0.5, 0.6) is 0 Å². The van der Waals surface area contributed by atoms with E-state index in [0.29, 0.717) is 5.56 Å². The zero-order chi connectivity index (χ0) is 16.7. The summed E-state index contributed by atoms with van der Waals surface area (Å²) in [6, 6.07) is 8.40. The molecule has 0 bridgehead atoms. The van der Waals surface area contributed by atoms with Gasteiger partial charge in [0.15, 0.2) is 0 Å². The largest absolute Gasteiger partial charge is 0.372 e. The zero-order valence-corrected chi connectivity index (χ0v) is 12.9. The summed E-state index contributed by atoms with van der Waals surface area (Å²) in [5, 5.41) is 0. The van der Waals surface area contributed by atoms with E-state index in [0.717, 1.165) is 24.8 Å². The molecule has 0 unspecified atom stereocenters.